The highest BCUT2D eigenvalue weighted by molar-refractivity contribution is 7.13. The van der Waals surface area contributed by atoms with Gasteiger partial charge in [0.1, 0.15) is 50.5 Å². The number of carbonyl (C=O) groups excluding carboxylic acids is 3. The second kappa shape index (κ2) is 13.3. The van der Waals surface area contributed by atoms with Crippen LogP contribution in [0.4, 0.5) is 4.79 Å². The monoisotopic (exact) mass is 684 g/mol. The summed E-state index contributed by atoms with van der Waals surface area (Å²) in [6, 6.07) is 4.37. The SMILES string of the molecule is C=CC1CC1(NC(=O)C1CC(Oc2cc(-c3nc(C(C)C)cs3)nc3c(Cl)c(OC)ccc23)CN1C(=O)OC(C)(C)C)C(=O)OCC. The minimum Gasteiger partial charge on any atom is -0.495 e. The van der Waals surface area contributed by atoms with Gasteiger partial charge in [-0.2, -0.15) is 0 Å². The first-order chi connectivity index (χ1) is 22.2. The number of halogens is 1. The van der Waals surface area contributed by atoms with Gasteiger partial charge in [-0.25, -0.2) is 19.6 Å². The van der Waals surface area contributed by atoms with Crippen LogP contribution >= 0.6 is 22.9 Å². The molecule has 3 heterocycles. The molecule has 0 radical (unpaired) electrons. The molecule has 1 aliphatic heterocycles. The average Bonchev–Trinajstić information content (AvgIpc) is 3.31. The molecule has 1 saturated heterocycles. The lowest BCUT2D eigenvalue weighted by molar-refractivity contribution is -0.149. The summed E-state index contributed by atoms with van der Waals surface area (Å²) in [5.41, 5.74) is -0.0452. The van der Waals surface area contributed by atoms with E-state index in [1.807, 2.05) is 11.4 Å². The van der Waals surface area contributed by atoms with Gasteiger partial charge in [-0.05, 0) is 52.2 Å². The van der Waals surface area contributed by atoms with Gasteiger partial charge in [0.05, 0.1) is 31.5 Å². The molecule has 1 saturated carbocycles. The molecule has 2 aliphatic rings. The minimum atomic E-state index is -1.22. The lowest BCUT2D eigenvalue weighted by Crippen LogP contribution is -2.53. The van der Waals surface area contributed by atoms with Crippen molar-refractivity contribution in [2.45, 2.75) is 83.6 Å². The molecule has 2 aromatic heterocycles. The Hall–Kier alpha value is -3.90. The number of esters is 1. The first-order valence-corrected chi connectivity index (χ1v) is 16.9. The molecule has 47 heavy (non-hydrogen) atoms. The van der Waals surface area contributed by atoms with Crippen LogP contribution in [0.15, 0.2) is 36.2 Å². The van der Waals surface area contributed by atoms with Gasteiger partial charge in [0.25, 0.3) is 0 Å². The van der Waals surface area contributed by atoms with E-state index in [9.17, 15) is 14.4 Å². The summed E-state index contributed by atoms with van der Waals surface area (Å²) in [6.07, 6.45) is 0.851. The Kier molecular flexibility index (Phi) is 9.75. The minimum absolute atomic E-state index is 0.0576. The molecular formula is C34H41ClN4O7S. The number of nitrogens with one attached hydrogen (secondary N) is 1. The topological polar surface area (TPSA) is 129 Å². The van der Waals surface area contributed by atoms with E-state index in [0.717, 1.165) is 5.69 Å². The summed E-state index contributed by atoms with van der Waals surface area (Å²) in [5.74, 6) is -0.156. The normalized spacial score (nSPS) is 22.2. The standard InChI is InChI=1S/C34H41ClN4O7S/c1-9-19-15-34(19,31(41)44-10-2)38-29(40)24-13-20(16-39(24)32(42)46-33(5,6)7)45-26-14-22(30-37-23(17-47-30)18(3)4)36-28-21(26)11-12-25(43-8)27(28)35/h9,11-12,14,17-20,24H,1,10,13,15-16H2,2-8H3,(H,38,40). The molecule has 5 rings (SSSR count). The first kappa shape index (κ1) is 34.4. The molecule has 13 heteroatoms. The van der Waals surface area contributed by atoms with Crippen LogP contribution in [0.2, 0.25) is 5.02 Å². The van der Waals surface area contributed by atoms with Crippen LogP contribution in [0.5, 0.6) is 11.5 Å². The smallest absolute Gasteiger partial charge is 0.411 e. The van der Waals surface area contributed by atoms with Crippen LogP contribution in [0.3, 0.4) is 0 Å². The van der Waals surface area contributed by atoms with E-state index in [4.69, 9.17) is 40.5 Å². The fraction of sp³-hybridized carbons (Fsp3) is 0.500. The molecule has 11 nitrogen and oxygen atoms in total. The summed E-state index contributed by atoms with van der Waals surface area (Å²) >= 11 is 8.22. The summed E-state index contributed by atoms with van der Waals surface area (Å²) in [4.78, 5) is 51.2. The van der Waals surface area contributed by atoms with Crippen molar-refractivity contribution >= 4 is 51.8 Å². The quantitative estimate of drug-likeness (QED) is 0.187. The highest BCUT2D eigenvalue weighted by atomic mass is 35.5. The molecule has 252 valence electrons. The highest BCUT2D eigenvalue weighted by Gasteiger charge is 2.62. The molecule has 0 bridgehead atoms. The third-order valence-electron chi connectivity index (χ3n) is 8.17. The molecule has 1 N–H and O–H groups in total. The number of amides is 2. The number of pyridine rings is 1. The van der Waals surface area contributed by atoms with E-state index in [1.165, 1.54) is 23.3 Å². The van der Waals surface area contributed by atoms with E-state index in [2.05, 4.69) is 25.7 Å². The van der Waals surface area contributed by atoms with Crippen molar-refractivity contribution in [1.82, 2.24) is 20.2 Å². The molecule has 3 aromatic rings. The molecule has 1 aliphatic carbocycles. The second-order valence-corrected chi connectivity index (χ2v) is 14.3. The number of rotatable bonds is 10. The number of hydrogen-bond donors (Lipinski definition) is 1. The van der Waals surface area contributed by atoms with Crippen LogP contribution < -0.4 is 14.8 Å². The van der Waals surface area contributed by atoms with E-state index in [1.54, 1.807) is 45.9 Å². The van der Waals surface area contributed by atoms with E-state index in [0.29, 0.717) is 44.5 Å². The van der Waals surface area contributed by atoms with Crippen LogP contribution in [-0.4, -0.2) is 76.4 Å². The van der Waals surface area contributed by atoms with Gasteiger partial charge in [0.15, 0.2) is 0 Å². The number of nitrogens with zero attached hydrogens (tertiary/aromatic N) is 3. The predicted octanol–water partition coefficient (Wildman–Crippen LogP) is 6.52. The Morgan fingerprint density at radius 3 is 2.57 bits per heavy atom. The number of thiazole rings is 1. The summed E-state index contributed by atoms with van der Waals surface area (Å²) < 4.78 is 23.0. The molecule has 4 atom stereocenters. The second-order valence-electron chi connectivity index (χ2n) is 13.1. The molecule has 1 aromatic carbocycles. The maximum atomic E-state index is 13.9. The van der Waals surface area contributed by atoms with E-state index in [-0.39, 0.29) is 31.4 Å². The Morgan fingerprint density at radius 1 is 1.23 bits per heavy atom. The van der Waals surface area contributed by atoms with Gasteiger partial charge in [-0.1, -0.05) is 31.5 Å². The van der Waals surface area contributed by atoms with Gasteiger partial charge in [0.2, 0.25) is 5.91 Å². The van der Waals surface area contributed by atoms with Crippen LogP contribution in [0.1, 0.15) is 66.0 Å². The molecule has 0 spiro atoms. The number of ether oxygens (including phenoxy) is 4. The largest absolute Gasteiger partial charge is 0.495 e. The van der Waals surface area contributed by atoms with Crippen LogP contribution in [-0.2, 0) is 19.1 Å². The van der Waals surface area contributed by atoms with Gasteiger partial charge in [-0.15, -0.1) is 17.9 Å². The van der Waals surface area contributed by atoms with Crippen molar-refractivity contribution in [2.24, 2.45) is 5.92 Å². The van der Waals surface area contributed by atoms with Crippen LogP contribution in [0.25, 0.3) is 21.6 Å². The number of benzene rings is 1. The van der Waals surface area contributed by atoms with E-state index < -0.39 is 41.3 Å². The van der Waals surface area contributed by atoms with Gasteiger partial charge in [-0.3, -0.25) is 9.69 Å². The molecule has 2 fully saturated rings. The van der Waals surface area contributed by atoms with E-state index >= 15 is 0 Å². The first-order valence-electron chi connectivity index (χ1n) is 15.6. The number of methoxy groups -OCH3 is 1. The van der Waals surface area contributed by atoms with Crippen molar-refractivity contribution in [3.05, 3.63) is 47.0 Å². The fourth-order valence-electron chi connectivity index (χ4n) is 5.64. The maximum absolute atomic E-state index is 13.9. The Morgan fingerprint density at radius 2 is 1.98 bits per heavy atom. The lowest BCUT2D eigenvalue weighted by atomic mass is 10.1. The Labute approximate surface area is 283 Å². The number of fused-ring (bicyclic) bond motifs is 1. The van der Waals surface area contributed by atoms with Gasteiger partial charge in [0, 0.05) is 29.2 Å². The highest BCUT2D eigenvalue weighted by Crippen LogP contribution is 2.46. The predicted molar refractivity (Wildman–Crippen MR) is 180 cm³/mol. The third-order valence-corrected chi connectivity index (χ3v) is 9.42. The summed E-state index contributed by atoms with van der Waals surface area (Å²) in [5, 5.41) is 6.53. The van der Waals surface area contributed by atoms with Gasteiger partial charge < -0.3 is 24.3 Å². The fourth-order valence-corrected chi connectivity index (χ4v) is 6.87. The summed E-state index contributed by atoms with van der Waals surface area (Å²) in [6.45, 7) is 15.1. The number of carbonyl (C=O) groups is 3. The van der Waals surface area contributed by atoms with Crippen molar-refractivity contribution in [3.8, 4) is 22.2 Å². The third kappa shape index (κ3) is 7.03. The Bertz CT molecular complexity index is 1700. The zero-order valence-corrected chi connectivity index (χ0v) is 29.3. The Balaban J connectivity index is 1.49. The van der Waals surface area contributed by atoms with Crippen molar-refractivity contribution < 1.29 is 33.3 Å². The lowest BCUT2D eigenvalue weighted by Gasteiger charge is -2.28. The zero-order chi connectivity index (χ0) is 34.3. The molecule has 2 amide bonds. The van der Waals surface area contributed by atoms with Crippen molar-refractivity contribution in [2.75, 3.05) is 20.3 Å². The summed E-state index contributed by atoms with van der Waals surface area (Å²) in [7, 11) is 1.53. The number of aromatic nitrogens is 2. The maximum Gasteiger partial charge on any atom is 0.411 e. The number of hydrogen-bond acceptors (Lipinski definition) is 10. The molecular weight excluding hydrogens is 644 g/mol. The van der Waals surface area contributed by atoms with Crippen molar-refractivity contribution in [1.29, 1.82) is 0 Å². The van der Waals surface area contributed by atoms with Crippen molar-refractivity contribution in [3.63, 3.8) is 0 Å². The van der Waals surface area contributed by atoms with Crippen LogP contribution in [0, 0.1) is 5.92 Å². The molecule has 4 unspecified atom stereocenters. The van der Waals surface area contributed by atoms with Gasteiger partial charge >= 0.3 is 12.1 Å². The zero-order valence-electron chi connectivity index (χ0n) is 27.7. The average molecular weight is 685 g/mol. The number of likely N-dealkylation sites (tertiary alicyclic amines) is 1.